The highest BCUT2D eigenvalue weighted by Crippen LogP contribution is 2.36. The van der Waals surface area contributed by atoms with Crippen molar-refractivity contribution in [3.8, 4) is 5.75 Å². The summed E-state index contributed by atoms with van der Waals surface area (Å²) in [5.41, 5.74) is 0. The fourth-order valence-corrected chi connectivity index (χ4v) is 3.34. The highest BCUT2D eigenvalue weighted by molar-refractivity contribution is 6.25. The maximum Gasteiger partial charge on any atom is 0.311 e. The van der Waals surface area contributed by atoms with Gasteiger partial charge >= 0.3 is 11.9 Å². The minimum absolute atomic E-state index is 0. The van der Waals surface area contributed by atoms with Crippen LogP contribution >= 0.6 is 12.4 Å². The molecule has 0 aliphatic heterocycles. The lowest BCUT2D eigenvalue weighted by Crippen LogP contribution is -2.10. The number of hydrogen-bond donors (Lipinski definition) is 1. The van der Waals surface area contributed by atoms with Gasteiger partial charge in [0.05, 0.1) is 12.8 Å². The van der Waals surface area contributed by atoms with E-state index in [-0.39, 0.29) is 25.2 Å². The molecule has 0 aliphatic rings. The van der Waals surface area contributed by atoms with Crippen LogP contribution in [0.15, 0.2) is 66.7 Å². The number of fused-ring (bicyclic) bond motifs is 6. The van der Waals surface area contributed by atoms with Gasteiger partial charge in [-0.15, -0.1) is 12.4 Å². The van der Waals surface area contributed by atoms with Gasteiger partial charge in [-0.05, 0) is 44.5 Å². The molecule has 0 saturated heterocycles. The van der Waals surface area contributed by atoms with E-state index in [4.69, 9.17) is 9.84 Å². The Morgan fingerprint density at radius 2 is 1.19 bits per heavy atom. The molecular formula is C22H17ClO4. The summed E-state index contributed by atoms with van der Waals surface area (Å²) in [6.45, 7) is 0. The van der Waals surface area contributed by atoms with Gasteiger partial charge in [0.15, 0.2) is 0 Å². The minimum atomic E-state index is -1.02. The molecule has 0 aromatic heterocycles. The lowest BCUT2D eigenvalue weighted by Gasteiger charge is -2.11. The van der Waals surface area contributed by atoms with Crippen LogP contribution in [-0.4, -0.2) is 17.0 Å². The highest BCUT2D eigenvalue weighted by Gasteiger charge is 2.11. The molecule has 0 radical (unpaired) electrons. The van der Waals surface area contributed by atoms with Gasteiger partial charge in [0.1, 0.15) is 5.75 Å². The van der Waals surface area contributed by atoms with Crippen molar-refractivity contribution in [2.75, 3.05) is 0 Å². The summed E-state index contributed by atoms with van der Waals surface area (Å²) in [5.74, 6) is -1.14. The molecule has 136 valence electrons. The SMILES string of the molecule is Cl.O=C(O)CCC(=O)Oc1ccc2c3ccccc3c3ccccc3c2c1. The Morgan fingerprint density at radius 3 is 1.70 bits per heavy atom. The molecule has 0 heterocycles. The van der Waals surface area contributed by atoms with E-state index in [1.807, 2.05) is 36.4 Å². The van der Waals surface area contributed by atoms with E-state index in [0.717, 1.165) is 26.9 Å². The van der Waals surface area contributed by atoms with Crippen LogP contribution in [0.25, 0.3) is 32.3 Å². The van der Waals surface area contributed by atoms with Gasteiger partial charge in [0.2, 0.25) is 0 Å². The van der Waals surface area contributed by atoms with Crippen molar-refractivity contribution < 1.29 is 19.4 Å². The number of carboxylic acids is 1. The Balaban J connectivity index is 0.00000210. The summed E-state index contributed by atoms with van der Waals surface area (Å²) >= 11 is 0. The minimum Gasteiger partial charge on any atom is -0.481 e. The Bertz CT molecular complexity index is 1130. The molecule has 27 heavy (non-hydrogen) atoms. The maximum absolute atomic E-state index is 11.8. The molecule has 0 bridgehead atoms. The highest BCUT2D eigenvalue weighted by atomic mass is 35.5. The van der Waals surface area contributed by atoms with Crippen molar-refractivity contribution in [1.29, 1.82) is 0 Å². The van der Waals surface area contributed by atoms with E-state index < -0.39 is 11.9 Å². The smallest absolute Gasteiger partial charge is 0.311 e. The largest absolute Gasteiger partial charge is 0.481 e. The van der Waals surface area contributed by atoms with Crippen molar-refractivity contribution in [3.05, 3.63) is 66.7 Å². The van der Waals surface area contributed by atoms with Gasteiger partial charge in [-0.1, -0.05) is 54.6 Å². The zero-order valence-electron chi connectivity index (χ0n) is 14.3. The molecule has 4 aromatic carbocycles. The van der Waals surface area contributed by atoms with E-state index in [2.05, 4.69) is 24.3 Å². The average molecular weight is 381 g/mol. The number of esters is 1. The van der Waals surface area contributed by atoms with E-state index in [0.29, 0.717) is 5.75 Å². The first kappa shape index (κ1) is 18.7. The molecule has 1 N–H and O–H groups in total. The van der Waals surface area contributed by atoms with Crippen molar-refractivity contribution in [2.45, 2.75) is 12.8 Å². The van der Waals surface area contributed by atoms with Crippen molar-refractivity contribution in [3.63, 3.8) is 0 Å². The topological polar surface area (TPSA) is 63.6 Å². The van der Waals surface area contributed by atoms with Crippen molar-refractivity contribution in [2.24, 2.45) is 0 Å². The van der Waals surface area contributed by atoms with Crippen LogP contribution in [0.2, 0.25) is 0 Å². The molecule has 0 spiro atoms. The lowest BCUT2D eigenvalue weighted by molar-refractivity contribution is -0.142. The number of ether oxygens (including phenoxy) is 1. The Hall–Kier alpha value is -3.11. The summed E-state index contributed by atoms with van der Waals surface area (Å²) in [7, 11) is 0. The van der Waals surface area contributed by atoms with Gasteiger partial charge in [-0.2, -0.15) is 0 Å². The first-order valence-electron chi connectivity index (χ1n) is 8.39. The van der Waals surface area contributed by atoms with E-state index in [9.17, 15) is 9.59 Å². The predicted molar refractivity (Wildman–Crippen MR) is 109 cm³/mol. The molecule has 0 atom stereocenters. The number of carbonyl (C=O) groups is 2. The fourth-order valence-electron chi connectivity index (χ4n) is 3.34. The first-order valence-corrected chi connectivity index (χ1v) is 8.39. The number of benzene rings is 4. The van der Waals surface area contributed by atoms with Gasteiger partial charge in [0.25, 0.3) is 0 Å². The third kappa shape index (κ3) is 3.57. The van der Waals surface area contributed by atoms with Crippen molar-refractivity contribution in [1.82, 2.24) is 0 Å². The predicted octanol–water partition coefficient (Wildman–Crippen LogP) is 5.34. The Kier molecular flexibility index (Phi) is 5.28. The van der Waals surface area contributed by atoms with Crippen LogP contribution in [0.4, 0.5) is 0 Å². The molecular weight excluding hydrogens is 364 g/mol. The molecule has 0 saturated carbocycles. The second kappa shape index (κ2) is 7.64. The average Bonchev–Trinajstić information content (AvgIpc) is 2.66. The number of hydrogen-bond acceptors (Lipinski definition) is 3. The van der Waals surface area contributed by atoms with E-state index in [1.165, 1.54) is 5.39 Å². The van der Waals surface area contributed by atoms with Gasteiger partial charge < -0.3 is 9.84 Å². The normalized spacial score (nSPS) is 10.7. The third-order valence-electron chi connectivity index (χ3n) is 4.49. The third-order valence-corrected chi connectivity index (χ3v) is 4.49. The number of aliphatic carboxylic acids is 1. The Labute approximate surface area is 161 Å². The summed E-state index contributed by atoms with van der Waals surface area (Å²) in [6, 6.07) is 21.9. The summed E-state index contributed by atoms with van der Waals surface area (Å²) < 4.78 is 5.33. The van der Waals surface area contributed by atoms with Crippen molar-refractivity contribution >= 4 is 56.7 Å². The monoisotopic (exact) mass is 380 g/mol. The molecule has 0 fully saturated rings. The number of carboxylic acid groups (broad SMARTS) is 1. The molecule has 4 rings (SSSR count). The van der Waals surface area contributed by atoms with Crippen LogP contribution in [0.1, 0.15) is 12.8 Å². The van der Waals surface area contributed by atoms with E-state index >= 15 is 0 Å². The molecule has 0 aliphatic carbocycles. The van der Waals surface area contributed by atoms with Crippen LogP contribution < -0.4 is 4.74 Å². The fraction of sp³-hybridized carbons (Fsp3) is 0.0909. The standard InChI is InChI=1S/C22H16O4.ClH/c23-21(24)11-12-22(25)26-14-9-10-19-17-7-2-1-5-15(17)16-6-3-4-8-18(16)20(19)13-14;/h1-10,13H,11-12H2,(H,23,24);1H. The Morgan fingerprint density at radius 1 is 0.704 bits per heavy atom. The van der Waals surface area contributed by atoms with Crippen LogP contribution in [0.3, 0.4) is 0 Å². The first-order chi connectivity index (χ1) is 12.6. The molecule has 0 unspecified atom stereocenters. The number of rotatable bonds is 4. The van der Waals surface area contributed by atoms with E-state index in [1.54, 1.807) is 6.07 Å². The second-order valence-electron chi connectivity index (χ2n) is 6.17. The quantitative estimate of drug-likeness (QED) is 0.295. The van der Waals surface area contributed by atoms with Crippen LogP contribution in [0, 0.1) is 0 Å². The van der Waals surface area contributed by atoms with Crippen LogP contribution in [-0.2, 0) is 9.59 Å². The van der Waals surface area contributed by atoms with Gasteiger partial charge in [-0.25, -0.2) is 0 Å². The second-order valence-corrected chi connectivity index (χ2v) is 6.17. The summed E-state index contributed by atoms with van der Waals surface area (Å²) in [5, 5.41) is 15.3. The summed E-state index contributed by atoms with van der Waals surface area (Å²) in [4.78, 5) is 22.4. The zero-order valence-corrected chi connectivity index (χ0v) is 15.2. The molecule has 4 nitrogen and oxygen atoms in total. The van der Waals surface area contributed by atoms with Crippen LogP contribution in [0.5, 0.6) is 5.75 Å². The number of halogens is 1. The molecule has 4 aromatic rings. The lowest BCUT2D eigenvalue weighted by atomic mass is 9.94. The molecule has 5 heteroatoms. The molecule has 0 amide bonds. The number of carbonyl (C=O) groups excluding carboxylic acids is 1. The van der Waals surface area contributed by atoms with Gasteiger partial charge in [0, 0.05) is 0 Å². The zero-order chi connectivity index (χ0) is 18.1. The van der Waals surface area contributed by atoms with Gasteiger partial charge in [-0.3, -0.25) is 9.59 Å². The summed E-state index contributed by atoms with van der Waals surface area (Å²) in [6.07, 6.45) is -0.383. The maximum atomic E-state index is 11.8.